The molecule has 0 radical (unpaired) electrons. The largest absolute Gasteiger partial charge is 0.321 e. The highest BCUT2D eigenvalue weighted by Crippen LogP contribution is 2.40. The summed E-state index contributed by atoms with van der Waals surface area (Å²) in [5, 5.41) is 14.7. The van der Waals surface area contributed by atoms with E-state index in [0.717, 1.165) is 57.4 Å². The van der Waals surface area contributed by atoms with Crippen LogP contribution in [0.15, 0.2) is 97.5 Å². The fourth-order valence-electron chi connectivity index (χ4n) is 5.57. The Labute approximate surface area is 223 Å². The Balaban J connectivity index is 1.31. The van der Waals surface area contributed by atoms with Gasteiger partial charge in [0.25, 0.3) is 0 Å². The zero-order valence-corrected chi connectivity index (χ0v) is 21.1. The van der Waals surface area contributed by atoms with Gasteiger partial charge in [-0.15, -0.1) is 10.2 Å². The van der Waals surface area contributed by atoms with Crippen molar-refractivity contribution in [3.05, 3.63) is 103 Å². The van der Waals surface area contributed by atoms with Crippen LogP contribution >= 0.6 is 0 Å². The predicted octanol–water partition coefficient (Wildman–Crippen LogP) is 5.66. The van der Waals surface area contributed by atoms with Gasteiger partial charge in [-0.1, -0.05) is 54.6 Å². The number of aromatic nitrogens is 7. The van der Waals surface area contributed by atoms with Crippen molar-refractivity contribution in [1.82, 2.24) is 34.2 Å². The fraction of sp³-hybridized carbons (Fsp3) is 0.129. The van der Waals surface area contributed by atoms with Crippen molar-refractivity contribution in [2.45, 2.75) is 24.8 Å². The molecule has 5 aromatic heterocycles. The third-order valence-corrected chi connectivity index (χ3v) is 7.90. The first-order valence-corrected chi connectivity index (χ1v) is 13.1. The smallest absolute Gasteiger partial charge is 0.189 e. The lowest BCUT2D eigenvalue weighted by atomic mass is 9.72. The average molecular weight is 509 g/mol. The molecule has 8 rings (SSSR count). The number of hydrogen-bond acceptors (Lipinski definition) is 6. The van der Waals surface area contributed by atoms with Crippen LogP contribution in [0.4, 0.5) is 0 Å². The Kier molecular flexibility index (Phi) is 4.68. The van der Waals surface area contributed by atoms with Crippen LogP contribution in [0.5, 0.6) is 0 Å². The zero-order chi connectivity index (χ0) is 26.0. The molecule has 8 nitrogen and oxygen atoms in total. The van der Waals surface area contributed by atoms with Gasteiger partial charge in [0, 0.05) is 46.7 Å². The molecule has 0 spiro atoms. The summed E-state index contributed by atoms with van der Waals surface area (Å²) < 4.78 is 3.70. The van der Waals surface area contributed by atoms with Crippen LogP contribution in [0.1, 0.15) is 24.8 Å². The van der Waals surface area contributed by atoms with E-state index in [1.165, 1.54) is 12.0 Å². The summed E-state index contributed by atoms with van der Waals surface area (Å²) in [5.74, 6) is 0.657. The lowest BCUT2D eigenvalue weighted by molar-refractivity contribution is 0.253. The van der Waals surface area contributed by atoms with E-state index in [1.54, 1.807) is 10.7 Å². The van der Waals surface area contributed by atoms with Crippen molar-refractivity contribution < 1.29 is 0 Å². The molecule has 0 bridgehead atoms. The number of nitrogens with two attached hydrogens (primary N) is 1. The van der Waals surface area contributed by atoms with Crippen LogP contribution in [0, 0.1) is 0 Å². The van der Waals surface area contributed by atoms with Crippen LogP contribution in [-0.2, 0) is 5.54 Å². The first-order valence-electron chi connectivity index (χ1n) is 13.1. The molecule has 188 valence electrons. The second kappa shape index (κ2) is 8.28. The molecule has 2 N–H and O–H groups in total. The Hall–Kier alpha value is -4.95. The van der Waals surface area contributed by atoms with Gasteiger partial charge in [-0.25, -0.2) is 14.5 Å². The molecule has 2 aromatic carbocycles. The molecule has 1 aliphatic carbocycles. The van der Waals surface area contributed by atoms with E-state index in [0.29, 0.717) is 11.5 Å². The van der Waals surface area contributed by atoms with E-state index in [2.05, 4.69) is 62.7 Å². The maximum absolute atomic E-state index is 6.59. The number of nitrogens with zero attached hydrogens (tertiary/aromatic N) is 7. The van der Waals surface area contributed by atoms with Gasteiger partial charge < -0.3 is 5.73 Å². The maximum Gasteiger partial charge on any atom is 0.189 e. The molecular weight excluding hydrogens is 484 g/mol. The maximum atomic E-state index is 6.59. The van der Waals surface area contributed by atoms with Gasteiger partial charge in [0.2, 0.25) is 0 Å². The summed E-state index contributed by atoms with van der Waals surface area (Å²) in [6.45, 7) is 0. The minimum Gasteiger partial charge on any atom is -0.321 e. The second-order valence-corrected chi connectivity index (χ2v) is 10.3. The highest BCUT2D eigenvalue weighted by Gasteiger charge is 2.34. The zero-order valence-electron chi connectivity index (χ0n) is 21.1. The van der Waals surface area contributed by atoms with Gasteiger partial charge in [0.05, 0.1) is 11.2 Å². The van der Waals surface area contributed by atoms with Gasteiger partial charge >= 0.3 is 0 Å². The fourth-order valence-corrected chi connectivity index (χ4v) is 5.57. The van der Waals surface area contributed by atoms with Gasteiger partial charge in [-0.2, -0.15) is 5.10 Å². The molecule has 1 aliphatic rings. The number of rotatable bonds is 4. The molecule has 5 heterocycles. The molecule has 7 aromatic rings. The van der Waals surface area contributed by atoms with E-state index in [9.17, 15) is 0 Å². The topological polar surface area (TPSA) is 99.3 Å². The summed E-state index contributed by atoms with van der Waals surface area (Å²) in [6, 6.07) is 26.9. The van der Waals surface area contributed by atoms with Crippen LogP contribution in [0.2, 0.25) is 0 Å². The molecule has 8 heteroatoms. The predicted molar refractivity (Wildman–Crippen MR) is 151 cm³/mol. The minimum atomic E-state index is -0.189. The molecule has 0 unspecified atom stereocenters. The summed E-state index contributed by atoms with van der Waals surface area (Å²) in [5.41, 5.74) is 14.8. The van der Waals surface area contributed by atoms with E-state index in [4.69, 9.17) is 10.7 Å². The van der Waals surface area contributed by atoms with Crippen molar-refractivity contribution in [2.75, 3.05) is 0 Å². The summed E-state index contributed by atoms with van der Waals surface area (Å²) in [4.78, 5) is 9.55. The summed E-state index contributed by atoms with van der Waals surface area (Å²) in [6.07, 6.45) is 8.85. The molecule has 0 saturated heterocycles. The third kappa shape index (κ3) is 3.45. The highest BCUT2D eigenvalue weighted by molar-refractivity contribution is 5.98. The number of fused-ring (bicyclic) bond motifs is 4. The highest BCUT2D eigenvalue weighted by atomic mass is 15.3. The van der Waals surface area contributed by atoms with Crippen molar-refractivity contribution in [3.63, 3.8) is 0 Å². The molecular formula is C31H24N8. The Morgan fingerprint density at radius 2 is 1.67 bits per heavy atom. The molecule has 0 aliphatic heterocycles. The molecule has 1 fully saturated rings. The first kappa shape index (κ1) is 22.1. The Morgan fingerprint density at radius 3 is 2.44 bits per heavy atom. The number of hydrogen-bond donors (Lipinski definition) is 1. The van der Waals surface area contributed by atoms with E-state index in [1.807, 2.05) is 53.2 Å². The van der Waals surface area contributed by atoms with Gasteiger partial charge in [0.1, 0.15) is 5.69 Å². The normalized spacial score (nSPS) is 14.7. The molecule has 0 atom stereocenters. The standard InChI is InChI=1S/C31H24N8/c32-31(13-4-14-31)22-10-8-21(9-11-22)28-23(20-6-2-1-3-7-20)18-24-25(34-28)12-17-38-29(24)35-36-30(38)26-19-27-33-15-5-16-39(27)37-26/h1-3,5-12,15-19H,4,13-14,32H2. The summed E-state index contributed by atoms with van der Waals surface area (Å²) >= 11 is 0. The van der Waals surface area contributed by atoms with Gasteiger partial charge in [-0.05, 0) is 48.6 Å². The Bertz CT molecular complexity index is 1970. The van der Waals surface area contributed by atoms with Crippen molar-refractivity contribution >= 4 is 22.2 Å². The SMILES string of the molecule is NC1(c2ccc(-c3nc4ccn5c(-c6cc7ncccn7n6)nnc5c4cc3-c3ccccc3)cc2)CCC1. The quantitative estimate of drug-likeness (QED) is 0.329. The van der Waals surface area contributed by atoms with Crippen LogP contribution in [0.3, 0.4) is 0 Å². The lowest BCUT2D eigenvalue weighted by Crippen LogP contribution is -2.43. The average Bonchev–Trinajstić information content (AvgIpc) is 3.60. The monoisotopic (exact) mass is 508 g/mol. The first-order chi connectivity index (χ1) is 19.2. The third-order valence-electron chi connectivity index (χ3n) is 7.90. The van der Waals surface area contributed by atoms with Crippen molar-refractivity contribution in [1.29, 1.82) is 0 Å². The Morgan fingerprint density at radius 1 is 0.821 bits per heavy atom. The van der Waals surface area contributed by atoms with E-state index < -0.39 is 0 Å². The molecule has 0 amide bonds. The van der Waals surface area contributed by atoms with Crippen LogP contribution < -0.4 is 5.73 Å². The van der Waals surface area contributed by atoms with Gasteiger partial charge in [-0.3, -0.25) is 4.40 Å². The molecule has 1 saturated carbocycles. The van der Waals surface area contributed by atoms with Crippen molar-refractivity contribution in [3.8, 4) is 33.9 Å². The van der Waals surface area contributed by atoms with Crippen LogP contribution in [0.25, 0.3) is 56.1 Å². The summed E-state index contributed by atoms with van der Waals surface area (Å²) in [7, 11) is 0. The van der Waals surface area contributed by atoms with Crippen molar-refractivity contribution in [2.24, 2.45) is 5.73 Å². The second-order valence-electron chi connectivity index (χ2n) is 10.3. The minimum absolute atomic E-state index is 0.189. The number of benzene rings is 2. The van der Waals surface area contributed by atoms with E-state index >= 15 is 0 Å². The lowest BCUT2D eigenvalue weighted by Gasteiger charge is -2.38. The molecule has 39 heavy (non-hydrogen) atoms. The number of pyridine rings is 2. The van der Waals surface area contributed by atoms with E-state index in [-0.39, 0.29) is 5.54 Å². The van der Waals surface area contributed by atoms with Gasteiger partial charge in [0.15, 0.2) is 17.1 Å². The van der Waals surface area contributed by atoms with Crippen LogP contribution in [-0.4, -0.2) is 34.2 Å².